The summed E-state index contributed by atoms with van der Waals surface area (Å²) in [6.07, 6.45) is 7.75. The lowest BCUT2D eigenvalue weighted by molar-refractivity contribution is 0.547. The number of hydrogen-bond acceptors (Lipinski definition) is 3. The molecule has 0 aliphatic carbocycles. The van der Waals surface area contributed by atoms with Crippen molar-refractivity contribution in [1.82, 2.24) is 25.2 Å². The molecule has 0 saturated heterocycles. The van der Waals surface area contributed by atoms with Gasteiger partial charge in [0.1, 0.15) is 5.82 Å². The molecule has 2 rings (SSSR count). The molecule has 0 saturated carbocycles. The van der Waals surface area contributed by atoms with Crippen molar-refractivity contribution in [2.75, 3.05) is 13.1 Å². The molecule has 0 amide bonds. The molecule has 0 aliphatic heterocycles. The van der Waals surface area contributed by atoms with E-state index in [4.69, 9.17) is 0 Å². The minimum atomic E-state index is 0.434. The molecule has 1 atom stereocenters. The molecular formula is C18H30N6. The van der Waals surface area contributed by atoms with Crippen molar-refractivity contribution in [2.45, 2.75) is 58.9 Å². The molecule has 0 spiro atoms. The lowest BCUT2D eigenvalue weighted by atomic mass is 10.1. The van der Waals surface area contributed by atoms with E-state index in [9.17, 15) is 0 Å². The fraction of sp³-hybridized carbons (Fsp3) is 0.611. The van der Waals surface area contributed by atoms with Gasteiger partial charge in [-0.2, -0.15) is 0 Å². The van der Waals surface area contributed by atoms with Crippen LogP contribution in [0.25, 0.3) is 5.65 Å². The van der Waals surface area contributed by atoms with Gasteiger partial charge in [0.25, 0.3) is 0 Å². The Morgan fingerprint density at radius 3 is 2.92 bits per heavy atom. The normalized spacial score (nSPS) is 13.2. The Kier molecular flexibility index (Phi) is 7.52. The molecule has 2 aromatic heterocycles. The SMILES string of the molecule is CCCCCC(C)NC(=NCCc1nnc2ccccn12)NCC. The van der Waals surface area contributed by atoms with Gasteiger partial charge in [0.2, 0.25) is 0 Å². The van der Waals surface area contributed by atoms with E-state index < -0.39 is 0 Å². The molecule has 1 unspecified atom stereocenters. The number of unbranched alkanes of at least 4 members (excludes halogenated alkanes) is 2. The summed E-state index contributed by atoms with van der Waals surface area (Å²) >= 11 is 0. The fourth-order valence-corrected chi connectivity index (χ4v) is 2.66. The number of nitrogens with one attached hydrogen (secondary N) is 2. The number of rotatable bonds is 9. The highest BCUT2D eigenvalue weighted by atomic mass is 15.2. The van der Waals surface area contributed by atoms with Crippen LogP contribution in [0.3, 0.4) is 0 Å². The van der Waals surface area contributed by atoms with Crippen LogP contribution < -0.4 is 10.6 Å². The van der Waals surface area contributed by atoms with Crippen LogP contribution in [0, 0.1) is 0 Å². The summed E-state index contributed by atoms with van der Waals surface area (Å²) in [5, 5.41) is 15.2. The lowest BCUT2D eigenvalue weighted by Gasteiger charge is -2.17. The average molecular weight is 330 g/mol. The minimum Gasteiger partial charge on any atom is -0.357 e. The second kappa shape index (κ2) is 9.90. The van der Waals surface area contributed by atoms with Crippen molar-refractivity contribution in [1.29, 1.82) is 0 Å². The van der Waals surface area contributed by atoms with E-state index in [0.29, 0.717) is 12.6 Å². The third-order valence-corrected chi connectivity index (χ3v) is 3.96. The molecule has 2 heterocycles. The summed E-state index contributed by atoms with van der Waals surface area (Å²) in [4.78, 5) is 4.68. The van der Waals surface area contributed by atoms with E-state index >= 15 is 0 Å². The van der Waals surface area contributed by atoms with E-state index in [1.165, 1.54) is 25.7 Å². The molecule has 2 aromatic rings. The van der Waals surface area contributed by atoms with E-state index in [1.54, 1.807) is 0 Å². The monoisotopic (exact) mass is 330 g/mol. The smallest absolute Gasteiger partial charge is 0.191 e. The standard InChI is InChI=1S/C18H30N6/c1-4-6-7-10-15(3)21-18(19-5-2)20-13-12-17-23-22-16-11-8-9-14-24(16)17/h8-9,11,14-15H,4-7,10,12-13H2,1-3H3,(H2,19,20,21). The van der Waals surface area contributed by atoms with Crippen LogP contribution in [-0.4, -0.2) is 39.7 Å². The van der Waals surface area contributed by atoms with Crippen LogP contribution in [0.1, 0.15) is 52.3 Å². The zero-order chi connectivity index (χ0) is 17.2. The van der Waals surface area contributed by atoms with Crippen molar-refractivity contribution < 1.29 is 0 Å². The lowest BCUT2D eigenvalue weighted by Crippen LogP contribution is -2.42. The number of fused-ring (bicyclic) bond motifs is 1. The second-order valence-corrected chi connectivity index (χ2v) is 6.10. The van der Waals surface area contributed by atoms with Gasteiger partial charge in [0, 0.05) is 31.7 Å². The maximum absolute atomic E-state index is 4.68. The zero-order valence-corrected chi connectivity index (χ0v) is 15.1. The predicted octanol–water partition coefficient (Wildman–Crippen LogP) is 2.80. The maximum Gasteiger partial charge on any atom is 0.191 e. The number of aromatic nitrogens is 3. The summed E-state index contributed by atoms with van der Waals surface area (Å²) in [6.45, 7) is 8.09. The summed E-state index contributed by atoms with van der Waals surface area (Å²) in [5.74, 6) is 1.83. The third kappa shape index (κ3) is 5.51. The molecule has 0 fully saturated rings. The van der Waals surface area contributed by atoms with Crippen molar-refractivity contribution >= 4 is 11.6 Å². The van der Waals surface area contributed by atoms with Crippen LogP contribution in [0.2, 0.25) is 0 Å². The Labute approximate surface area is 144 Å². The Morgan fingerprint density at radius 1 is 1.25 bits per heavy atom. The number of hydrogen-bond donors (Lipinski definition) is 2. The van der Waals surface area contributed by atoms with E-state index in [2.05, 4.69) is 46.6 Å². The molecule has 6 heteroatoms. The van der Waals surface area contributed by atoms with Gasteiger partial charge in [-0.15, -0.1) is 10.2 Å². The molecule has 0 radical (unpaired) electrons. The second-order valence-electron chi connectivity index (χ2n) is 6.10. The average Bonchev–Trinajstić information content (AvgIpc) is 2.99. The van der Waals surface area contributed by atoms with Crippen molar-refractivity contribution in [3.05, 3.63) is 30.2 Å². The van der Waals surface area contributed by atoms with Gasteiger partial charge in [0.15, 0.2) is 11.6 Å². The zero-order valence-electron chi connectivity index (χ0n) is 15.1. The van der Waals surface area contributed by atoms with Crippen LogP contribution in [-0.2, 0) is 6.42 Å². The van der Waals surface area contributed by atoms with E-state index in [1.807, 2.05) is 28.8 Å². The first-order chi connectivity index (χ1) is 11.7. The molecule has 0 bridgehead atoms. The Bertz CT molecular complexity index is 633. The van der Waals surface area contributed by atoms with E-state index in [0.717, 1.165) is 30.4 Å². The molecule has 6 nitrogen and oxygen atoms in total. The summed E-state index contributed by atoms with van der Waals surface area (Å²) in [5.41, 5.74) is 0.881. The molecule has 0 aromatic carbocycles. The third-order valence-electron chi connectivity index (χ3n) is 3.96. The topological polar surface area (TPSA) is 66.6 Å². The highest BCUT2D eigenvalue weighted by Crippen LogP contribution is 2.04. The molecule has 0 aliphatic rings. The Balaban J connectivity index is 1.88. The van der Waals surface area contributed by atoms with Gasteiger partial charge >= 0.3 is 0 Å². The van der Waals surface area contributed by atoms with Crippen molar-refractivity contribution in [3.63, 3.8) is 0 Å². The van der Waals surface area contributed by atoms with Crippen LogP contribution >= 0.6 is 0 Å². The Hall–Kier alpha value is -2.11. The van der Waals surface area contributed by atoms with Crippen LogP contribution in [0.15, 0.2) is 29.4 Å². The van der Waals surface area contributed by atoms with Gasteiger partial charge in [-0.25, -0.2) is 0 Å². The van der Waals surface area contributed by atoms with Crippen LogP contribution in [0.4, 0.5) is 0 Å². The van der Waals surface area contributed by atoms with Gasteiger partial charge in [0.05, 0.1) is 0 Å². The highest BCUT2D eigenvalue weighted by Gasteiger charge is 2.06. The van der Waals surface area contributed by atoms with Crippen LogP contribution in [0.5, 0.6) is 0 Å². The van der Waals surface area contributed by atoms with Gasteiger partial charge < -0.3 is 10.6 Å². The molecule has 24 heavy (non-hydrogen) atoms. The first-order valence-corrected chi connectivity index (χ1v) is 9.08. The van der Waals surface area contributed by atoms with E-state index in [-0.39, 0.29) is 0 Å². The van der Waals surface area contributed by atoms with Gasteiger partial charge in [-0.3, -0.25) is 9.39 Å². The maximum atomic E-state index is 4.68. The molecule has 2 N–H and O–H groups in total. The minimum absolute atomic E-state index is 0.434. The predicted molar refractivity (Wildman–Crippen MR) is 99.4 cm³/mol. The number of aliphatic imine (C=N–C) groups is 1. The molecule has 132 valence electrons. The first-order valence-electron chi connectivity index (χ1n) is 9.08. The number of nitrogens with zero attached hydrogens (tertiary/aromatic N) is 4. The number of pyridine rings is 1. The number of guanidine groups is 1. The largest absolute Gasteiger partial charge is 0.357 e. The van der Waals surface area contributed by atoms with Crippen molar-refractivity contribution in [2.24, 2.45) is 4.99 Å². The first kappa shape index (κ1) is 18.2. The summed E-state index contributed by atoms with van der Waals surface area (Å²) in [6, 6.07) is 6.36. The molecular weight excluding hydrogens is 300 g/mol. The summed E-state index contributed by atoms with van der Waals surface area (Å²) < 4.78 is 2.02. The highest BCUT2D eigenvalue weighted by molar-refractivity contribution is 5.80. The quantitative estimate of drug-likeness (QED) is 0.421. The fourth-order valence-electron chi connectivity index (χ4n) is 2.66. The van der Waals surface area contributed by atoms with Gasteiger partial charge in [-0.1, -0.05) is 32.3 Å². The summed E-state index contributed by atoms with van der Waals surface area (Å²) in [7, 11) is 0. The van der Waals surface area contributed by atoms with Gasteiger partial charge in [-0.05, 0) is 32.4 Å². The Morgan fingerprint density at radius 2 is 2.12 bits per heavy atom. The van der Waals surface area contributed by atoms with Crippen molar-refractivity contribution in [3.8, 4) is 0 Å².